The second-order valence-corrected chi connectivity index (χ2v) is 11.2. The molecule has 2 N–H and O–H groups in total. The third kappa shape index (κ3) is 7.06. The van der Waals surface area contributed by atoms with Gasteiger partial charge in [0.15, 0.2) is 5.36 Å². The number of anilines is 2. The molecule has 0 aliphatic heterocycles. The summed E-state index contributed by atoms with van der Waals surface area (Å²) in [6, 6.07) is 19.5. The van der Waals surface area contributed by atoms with Gasteiger partial charge in [-0.25, -0.2) is 16.8 Å². The number of hydrogen-bond acceptors (Lipinski definition) is 12. The van der Waals surface area contributed by atoms with Crippen molar-refractivity contribution in [1.82, 2.24) is 0 Å². The summed E-state index contributed by atoms with van der Waals surface area (Å²) in [6.07, 6.45) is 0. The minimum absolute atomic E-state index is 0. The van der Waals surface area contributed by atoms with Crippen molar-refractivity contribution in [2.24, 2.45) is 10.2 Å². The van der Waals surface area contributed by atoms with Crippen molar-refractivity contribution in [2.75, 3.05) is 10.9 Å². The van der Waals surface area contributed by atoms with Crippen LogP contribution >= 0.6 is 0 Å². The molecule has 0 saturated heterocycles. The Morgan fingerprint density at radius 2 is 1.29 bits per heavy atom. The molecule has 0 radical (unpaired) electrons. The number of benzene rings is 5. The van der Waals surface area contributed by atoms with Gasteiger partial charge in [0.2, 0.25) is 10.9 Å². The van der Waals surface area contributed by atoms with E-state index in [2.05, 4.69) is 21.1 Å². The molecule has 12 nitrogen and oxygen atoms in total. The number of nitrogens with zero attached hydrogens (tertiary/aromatic N) is 2. The molecule has 0 heterocycles. The molecule has 202 valence electrons. The van der Waals surface area contributed by atoms with Gasteiger partial charge in [0.05, 0.1) is 21.2 Å². The first kappa shape index (κ1) is 33.7. The molecule has 5 aromatic rings. The Morgan fingerprint density at radius 3 is 1.98 bits per heavy atom. The Bertz CT molecular complexity index is 2290. The normalized spacial score (nSPS) is 12.5. The van der Waals surface area contributed by atoms with Crippen molar-refractivity contribution in [2.45, 2.75) is 9.79 Å². The van der Waals surface area contributed by atoms with Gasteiger partial charge in [0.25, 0.3) is 0 Å². The van der Waals surface area contributed by atoms with Gasteiger partial charge in [-0.3, -0.25) is 20.4 Å². The summed E-state index contributed by atoms with van der Waals surface area (Å²) in [6.45, 7) is 0. The molecule has 0 unspecified atom stereocenters. The number of nitrogens with one attached hydrogen (secondary N) is 2. The topological polar surface area (TPSA) is 197 Å². The van der Waals surface area contributed by atoms with E-state index in [1.165, 1.54) is 36.4 Å². The molecule has 0 aliphatic carbocycles. The van der Waals surface area contributed by atoms with Gasteiger partial charge in [-0.1, -0.05) is 42.5 Å². The Hall–Kier alpha value is -2.76. The molecular weight excluding hydrogens is 606 g/mol. The fourth-order valence-electron chi connectivity index (χ4n) is 4.06. The fraction of sp³-hybridized carbons (Fsp3) is 0. The Labute approximate surface area is 282 Å². The van der Waals surface area contributed by atoms with E-state index in [9.17, 15) is 35.5 Å². The van der Waals surface area contributed by atoms with Crippen LogP contribution in [0.25, 0.3) is 21.5 Å². The minimum atomic E-state index is -4.76. The van der Waals surface area contributed by atoms with E-state index in [1.54, 1.807) is 36.4 Å². The molecule has 0 atom stereocenters. The van der Waals surface area contributed by atoms with E-state index < -0.39 is 46.2 Å². The van der Waals surface area contributed by atoms with E-state index in [-0.39, 0.29) is 75.5 Å². The summed E-state index contributed by atoms with van der Waals surface area (Å²) in [4.78, 5) is 24.6. The zero-order valence-corrected chi connectivity index (χ0v) is 27.7. The van der Waals surface area contributed by atoms with Gasteiger partial charge in [-0.05, 0) is 47.9 Å². The zero-order chi connectivity index (χ0) is 28.7. The van der Waals surface area contributed by atoms with Gasteiger partial charge >= 0.3 is 59.1 Å². The van der Waals surface area contributed by atoms with Crippen molar-refractivity contribution in [3.8, 4) is 0 Å². The van der Waals surface area contributed by atoms with Gasteiger partial charge < -0.3 is 9.11 Å². The maximum absolute atomic E-state index is 13.0. The van der Waals surface area contributed by atoms with E-state index in [1.807, 2.05) is 0 Å². The molecule has 5 rings (SSSR count). The molecule has 16 heteroatoms. The second kappa shape index (κ2) is 13.3. The molecule has 42 heavy (non-hydrogen) atoms. The van der Waals surface area contributed by atoms with Crippen LogP contribution in [0.15, 0.2) is 115 Å². The molecular formula is C26H16N4Na2O8S2. The molecule has 0 saturated carbocycles. The summed E-state index contributed by atoms with van der Waals surface area (Å²) < 4.78 is 69.2. The van der Waals surface area contributed by atoms with Crippen LogP contribution in [0.1, 0.15) is 0 Å². The van der Waals surface area contributed by atoms with Crippen LogP contribution in [0.5, 0.6) is 0 Å². The van der Waals surface area contributed by atoms with E-state index in [4.69, 9.17) is 0 Å². The predicted molar refractivity (Wildman–Crippen MR) is 144 cm³/mol. The maximum atomic E-state index is 13.0. The van der Waals surface area contributed by atoms with Crippen LogP contribution in [-0.2, 0) is 20.2 Å². The summed E-state index contributed by atoms with van der Waals surface area (Å²) >= 11 is 0. The molecule has 0 aliphatic rings. The summed E-state index contributed by atoms with van der Waals surface area (Å²) in [5.41, 5.74) is 4.24. The summed E-state index contributed by atoms with van der Waals surface area (Å²) in [5.74, 6) is 0. The van der Waals surface area contributed by atoms with E-state index in [0.717, 1.165) is 12.1 Å². The third-order valence-electron chi connectivity index (χ3n) is 5.95. The van der Waals surface area contributed by atoms with Gasteiger partial charge in [0.1, 0.15) is 25.6 Å². The summed E-state index contributed by atoms with van der Waals surface area (Å²) in [5, 5.41) is 8.70. The maximum Gasteiger partial charge on any atom is 1.00 e. The van der Waals surface area contributed by atoms with Crippen LogP contribution < -0.4 is 91.5 Å². The minimum Gasteiger partial charge on any atom is -0.744 e. The monoisotopic (exact) mass is 622 g/mol. The van der Waals surface area contributed by atoms with Crippen LogP contribution in [0.3, 0.4) is 0 Å². The van der Waals surface area contributed by atoms with Crippen molar-refractivity contribution >= 4 is 53.2 Å². The second-order valence-electron chi connectivity index (χ2n) is 8.46. The first-order valence-corrected chi connectivity index (χ1v) is 14.2. The van der Waals surface area contributed by atoms with Crippen molar-refractivity contribution < 1.29 is 85.1 Å². The average Bonchev–Trinajstić information content (AvgIpc) is 2.91. The smallest absolute Gasteiger partial charge is 0.744 e. The third-order valence-corrected chi connectivity index (χ3v) is 7.68. The fourth-order valence-corrected chi connectivity index (χ4v) is 5.24. The van der Waals surface area contributed by atoms with Crippen molar-refractivity contribution in [1.29, 1.82) is 0 Å². The number of rotatable bonds is 6. The summed E-state index contributed by atoms with van der Waals surface area (Å²) in [7, 11) is -9.46. The molecule has 5 aromatic carbocycles. The molecule has 0 spiro atoms. The van der Waals surface area contributed by atoms with Gasteiger partial charge in [-0.2, -0.15) is 10.2 Å². The Kier molecular flexibility index (Phi) is 10.7. The number of fused-ring (bicyclic) bond motifs is 2. The van der Waals surface area contributed by atoms with Crippen molar-refractivity contribution in [3.05, 3.63) is 116 Å². The SMILES string of the molecule is O=c1cc/c(=N/Nc2cccc3ccc(S(=O)(=O)[O-])cc23)c(=O)/c1=N\Nc1ccc(S(=O)(=O)[O-])c2ccccc12.[Na+].[Na+]. The van der Waals surface area contributed by atoms with Crippen LogP contribution in [0.2, 0.25) is 0 Å². The Morgan fingerprint density at radius 1 is 0.619 bits per heavy atom. The number of hydrogen-bond donors (Lipinski definition) is 2. The quantitative estimate of drug-likeness (QED) is 0.105. The molecule has 0 fully saturated rings. The van der Waals surface area contributed by atoms with Crippen LogP contribution in [-0.4, -0.2) is 25.9 Å². The Balaban J connectivity index is 0.00000242. The van der Waals surface area contributed by atoms with Crippen molar-refractivity contribution in [3.63, 3.8) is 0 Å². The molecule has 0 amide bonds. The van der Waals surface area contributed by atoms with E-state index in [0.29, 0.717) is 21.8 Å². The van der Waals surface area contributed by atoms with Gasteiger partial charge in [-0.15, -0.1) is 0 Å². The van der Waals surface area contributed by atoms with Crippen LogP contribution in [0, 0.1) is 0 Å². The molecule has 0 bridgehead atoms. The van der Waals surface area contributed by atoms with Gasteiger partial charge in [0, 0.05) is 16.2 Å². The largest absolute Gasteiger partial charge is 1.00 e. The first-order valence-electron chi connectivity index (χ1n) is 11.3. The van der Waals surface area contributed by atoms with E-state index >= 15 is 0 Å². The predicted octanol–water partition coefficient (Wildman–Crippen LogP) is -4.74. The first-order chi connectivity index (χ1) is 18.9. The molecule has 0 aromatic heterocycles. The standard InChI is InChI=1S/C26H18N4O8S2.2Na/c31-23-12-10-22(29-27-20-7-3-4-15-8-9-16(14-19(15)20)39(33,34)35)26(32)25(23)30-28-21-11-13-24(40(36,37)38)18-6-2-1-5-17(18)21;;/h1-14,27-28H,(H,33,34,35)(H,36,37,38);;/q;2*+1/p-2/b29-22-,30-25-;;. The zero-order valence-electron chi connectivity index (χ0n) is 22.1. The average molecular weight is 623 g/mol. The van der Waals surface area contributed by atoms with Crippen LogP contribution in [0.4, 0.5) is 11.4 Å².